The van der Waals surface area contributed by atoms with Gasteiger partial charge < -0.3 is 15.0 Å². The minimum Gasteiger partial charge on any atom is -0.378 e. The maximum Gasteiger partial charge on any atom is 0.293 e. The molecule has 3 heterocycles. The molecule has 1 saturated heterocycles. The van der Waals surface area contributed by atoms with E-state index in [4.69, 9.17) is 17.0 Å². The van der Waals surface area contributed by atoms with Crippen LogP contribution in [0.15, 0.2) is 36.4 Å². The molecular formula is C24H24N8O4S2. The first-order valence-corrected chi connectivity index (χ1v) is 13.1. The number of morpholine rings is 1. The van der Waals surface area contributed by atoms with Crippen LogP contribution in [0, 0.1) is 17.0 Å². The molecule has 1 aliphatic rings. The summed E-state index contributed by atoms with van der Waals surface area (Å²) in [5.74, 6) is 0.263. The normalized spacial score (nSPS) is 13.5. The van der Waals surface area contributed by atoms with Gasteiger partial charge in [-0.15, -0.1) is 10.2 Å². The monoisotopic (exact) mass is 552 g/mol. The molecule has 38 heavy (non-hydrogen) atoms. The van der Waals surface area contributed by atoms with E-state index in [1.54, 1.807) is 16.6 Å². The standard InChI is InChI=1S/C24H24N8O4S2/c1-3-20-27-28-24-31(20)29-22(38-24)16-4-6-17(14(2)12-16)25-23(37)26-21(33)15-5-7-18(19(13-15)32(34)35)30-8-10-36-11-9-30/h4-7,12-13H,3,8-11H2,1-2H3,(H2,25,26,33,37). The number of benzene rings is 2. The Morgan fingerprint density at radius 2 is 2.00 bits per heavy atom. The molecule has 196 valence electrons. The van der Waals surface area contributed by atoms with Gasteiger partial charge in [0.2, 0.25) is 4.96 Å². The number of nitrogens with zero attached hydrogens (tertiary/aromatic N) is 6. The number of carbonyl (C=O) groups is 1. The van der Waals surface area contributed by atoms with Crippen LogP contribution in [0.5, 0.6) is 0 Å². The van der Waals surface area contributed by atoms with Gasteiger partial charge in [-0.25, -0.2) is 0 Å². The van der Waals surface area contributed by atoms with E-state index in [0.717, 1.165) is 33.3 Å². The Morgan fingerprint density at radius 1 is 1.21 bits per heavy atom. The van der Waals surface area contributed by atoms with Gasteiger partial charge in [0.05, 0.1) is 18.1 Å². The number of fused-ring (bicyclic) bond motifs is 1. The zero-order chi connectivity index (χ0) is 26.8. The van der Waals surface area contributed by atoms with Crippen LogP contribution in [0.25, 0.3) is 15.5 Å². The van der Waals surface area contributed by atoms with E-state index < -0.39 is 10.8 Å². The topological polar surface area (TPSA) is 140 Å². The number of nitro benzene ring substituents is 1. The second-order valence-electron chi connectivity index (χ2n) is 8.57. The molecule has 0 aliphatic carbocycles. The Morgan fingerprint density at radius 3 is 2.71 bits per heavy atom. The molecule has 12 nitrogen and oxygen atoms in total. The minimum atomic E-state index is -0.542. The smallest absolute Gasteiger partial charge is 0.293 e. The molecule has 0 spiro atoms. The number of thiocarbonyl (C=S) groups is 1. The van der Waals surface area contributed by atoms with E-state index in [0.29, 0.717) is 37.7 Å². The fraction of sp³-hybridized carbons (Fsp3) is 0.292. The highest BCUT2D eigenvalue weighted by Crippen LogP contribution is 2.31. The summed E-state index contributed by atoms with van der Waals surface area (Å²) in [5, 5.41) is 31.1. The molecule has 2 aromatic heterocycles. The van der Waals surface area contributed by atoms with Crippen molar-refractivity contribution in [3.05, 3.63) is 63.5 Å². The number of aryl methyl sites for hydroxylation is 2. The second kappa shape index (κ2) is 10.8. The maximum absolute atomic E-state index is 12.8. The summed E-state index contributed by atoms with van der Waals surface area (Å²) < 4.78 is 7.08. The molecule has 1 amide bonds. The van der Waals surface area contributed by atoms with Crippen LogP contribution >= 0.6 is 23.6 Å². The van der Waals surface area contributed by atoms with Gasteiger partial charge in [-0.05, 0) is 55.0 Å². The lowest BCUT2D eigenvalue weighted by Gasteiger charge is -2.28. The summed E-state index contributed by atoms with van der Waals surface area (Å²) in [6.45, 7) is 6.01. The number of rotatable bonds is 6. The highest BCUT2D eigenvalue weighted by atomic mass is 32.1. The summed E-state index contributed by atoms with van der Waals surface area (Å²) in [6, 6.07) is 10.2. The first-order valence-electron chi connectivity index (χ1n) is 11.9. The van der Waals surface area contributed by atoms with Gasteiger partial charge in [-0.3, -0.25) is 20.2 Å². The van der Waals surface area contributed by atoms with Crippen LogP contribution in [0.2, 0.25) is 0 Å². The average molecular weight is 553 g/mol. The number of aromatic nitrogens is 4. The fourth-order valence-electron chi connectivity index (χ4n) is 4.14. The fourth-order valence-corrected chi connectivity index (χ4v) is 5.20. The van der Waals surface area contributed by atoms with Gasteiger partial charge in [0, 0.05) is 42.4 Å². The molecule has 0 atom stereocenters. The number of nitrogens with one attached hydrogen (secondary N) is 2. The molecule has 0 unspecified atom stereocenters. The van der Waals surface area contributed by atoms with Crippen molar-refractivity contribution >= 4 is 56.6 Å². The van der Waals surface area contributed by atoms with Gasteiger partial charge in [0.25, 0.3) is 11.6 Å². The van der Waals surface area contributed by atoms with E-state index in [1.165, 1.54) is 17.4 Å². The molecule has 0 saturated carbocycles. The van der Waals surface area contributed by atoms with E-state index in [9.17, 15) is 14.9 Å². The predicted octanol–water partition coefficient (Wildman–Crippen LogP) is 3.60. The summed E-state index contributed by atoms with van der Waals surface area (Å²) in [4.78, 5) is 26.7. The van der Waals surface area contributed by atoms with Gasteiger partial charge in [-0.2, -0.15) is 9.61 Å². The Kier molecular flexibility index (Phi) is 7.26. The molecule has 4 aromatic rings. The third kappa shape index (κ3) is 5.18. The number of anilines is 2. The third-order valence-corrected chi connectivity index (χ3v) is 7.26. The lowest BCUT2D eigenvalue weighted by atomic mass is 10.1. The number of carbonyl (C=O) groups excluding carboxylic acids is 1. The van der Waals surface area contributed by atoms with Crippen molar-refractivity contribution in [2.75, 3.05) is 36.5 Å². The Balaban J connectivity index is 1.27. The lowest BCUT2D eigenvalue weighted by Crippen LogP contribution is -2.37. The number of amides is 1. The van der Waals surface area contributed by atoms with Crippen LogP contribution in [0.1, 0.15) is 28.7 Å². The summed E-state index contributed by atoms with van der Waals surface area (Å²) in [6.07, 6.45) is 0.737. The first kappa shape index (κ1) is 25.6. The Hall–Kier alpha value is -4.01. The quantitative estimate of drug-likeness (QED) is 0.207. The Labute approximate surface area is 226 Å². The SMILES string of the molecule is CCc1nnc2sc(-c3ccc(NC(=S)NC(=O)c4ccc(N5CCOCC5)c([N+](=O)[O-])c4)c(C)c3)nn12. The largest absolute Gasteiger partial charge is 0.378 e. The third-order valence-electron chi connectivity index (χ3n) is 6.11. The Bertz CT molecular complexity index is 1540. The zero-order valence-electron chi connectivity index (χ0n) is 20.6. The molecule has 0 bridgehead atoms. The van der Waals surface area contributed by atoms with Crippen molar-refractivity contribution < 1.29 is 14.5 Å². The molecule has 2 N–H and O–H groups in total. The summed E-state index contributed by atoms with van der Waals surface area (Å²) >= 11 is 6.79. The number of hydrogen-bond acceptors (Lipinski definition) is 10. The van der Waals surface area contributed by atoms with E-state index >= 15 is 0 Å². The summed E-state index contributed by atoms with van der Waals surface area (Å²) in [5.41, 5.74) is 2.99. The maximum atomic E-state index is 12.8. The van der Waals surface area contributed by atoms with Crippen molar-refractivity contribution in [2.24, 2.45) is 0 Å². The molecule has 0 radical (unpaired) electrons. The molecule has 1 fully saturated rings. The van der Waals surface area contributed by atoms with E-state index in [2.05, 4.69) is 25.9 Å². The highest BCUT2D eigenvalue weighted by Gasteiger charge is 2.23. The van der Waals surface area contributed by atoms with E-state index in [1.807, 2.05) is 36.9 Å². The van der Waals surface area contributed by atoms with Crippen LogP contribution in [0.3, 0.4) is 0 Å². The zero-order valence-corrected chi connectivity index (χ0v) is 22.3. The van der Waals surface area contributed by atoms with Crippen molar-refractivity contribution in [3.63, 3.8) is 0 Å². The molecule has 14 heteroatoms. The number of nitro groups is 1. The van der Waals surface area contributed by atoms with Crippen LogP contribution in [0.4, 0.5) is 17.1 Å². The number of ether oxygens (including phenoxy) is 1. The predicted molar refractivity (Wildman–Crippen MR) is 148 cm³/mol. The lowest BCUT2D eigenvalue weighted by molar-refractivity contribution is -0.384. The molecular weight excluding hydrogens is 528 g/mol. The van der Waals surface area contributed by atoms with Crippen molar-refractivity contribution in [1.82, 2.24) is 25.1 Å². The highest BCUT2D eigenvalue weighted by molar-refractivity contribution is 7.80. The van der Waals surface area contributed by atoms with Crippen molar-refractivity contribution in [2.45, 2.75) is 20.3 Å². The molecule has 5 rings (SSSR count). The van der Waals surface area contributed by atoms with Crippen LogP contribution < -0.4 is 15.5 Å². The van der Waals surface area contributed by atoms with Crippen molar-refractivity contribution in [1.29, 1.82) is 0 Å². The average Bonchev–Trinajstić information content (AvgIpc) is 3.51. The minimum absolute atomic E-state index is 0.0807. The van der Waals surface area contributed by atoms with Gasteiger partial charge in [0.1, 0.15) is 10.7 Å². The molecule has 1 aliphatic heterocycles. The van der Waals surface area contributed by atoms with Gasteiger partial charge in [-0.1, -0.05) is 18.3 Å². The van der Waals surface area contributed by atoms with E-state index in [-0.39, 0.29) is 16.4 Å². The van der Waals surface area contributed by atoms with Crippen LogP contribution in [-0.4, -0.2) is 62.1 Å². The second-order valence-corrected chi connectivity index (χ2v) is 9.93. The number of hydrogen-bond donors (Lipinski definition) is 2. The first-order chi connectivity index (χ1) is 18.3. The van der Waals surface area contributed by atoms with Crippen LogP contribution in [-0.2, 0) is 11.2 Å². The van der Waals surface area contributed by atoms with Gasteiger partial charge in [0.15, 0.2) is 10.9 Å². The molecule has 2 aromatic carbocycles. The van der Waals surface area contributed by atoms with Crippen molar-refractivity contribution in [3.8, 4) is 10.6 Å². The summed E-state index contributed by atoms with van der Waals surface area (Å²) in [7, 11) is 0. The van der Waals surface area contributed by atoms with Gasteiger partial charge >= 0.3 is 0 Å².